The SMILES string of the molecule is CC(O)C(C)SCCS(=O)(=O)c1ccc(/C(N)=N/O)cc1. The van der Waals surface area contributed by atoms with Crippen LogP contribution in [-0.2, 0) is 9.84 Å². The van der Waals surface area contributed by atoms with E-state index in [-0.39, 0.29) is 21.7 Å². The number of amidine groups is 1. The Hall–Kier alpha value is -1.25. The average molecular weight is 332 g/mol. The number of nitrogens with zero attached hydrogens (tertiary/aromatic N) is 1. The van der Waals surface area contributed by atoms with E-state index in [4.69, 9.17) is 10.9 Å². The number of aliphatic hydroxyl groups excluding tert-OH is 1. The number of oxime groups is 1. The van der Waals surface area contributed by atoms with Gasteiger partial charge in [-0.3, -0.25) is 0 Å². The lowest BCUT2D eigenvalue weighted by Gasteiger charge is -2.13. The summed E-state index contributed by atoms with van der Waals surface area (Å²) in [5.74, 6) is 0.342. The standard InChI is InChI=1S/C13H20N2O4S2/c1-9(16)10(2)20-7-8-21(18,19)12-5-3-11(4-6-12)13(14)15-17/h3-6,9-10,16-17H,7-8H2,1-2H3,(H2,14,15). The number of nitrogens with two attached hydrogens (primary N) is 1. The highest BCUT2D eigenvalue weighted by molar-refractivity contribution is 8.01. The molecule has 8 heteroatoms. The molecule has 1 aromatic carbocycles. The van der Waals surface area contributed by atoms with Gasteiger partial charge in [0.2, 0.25) is 0 Å². The molecule has 0 saturated heterocycles. The molecular weight excluding hydrogens is 312 g/mol. The van der Waals surface area contributed by atoms with Crippen molar-refractivity contribution in [2.24, 2.45) is 10.9 Å². The van der Waals surface area contributed by atoms with Gasteiger partial charge in [0.25, 0.3) is 0 Å². The van der Waals surface area contributed by atoms with Crippen LogP contribution in [0.5, 0.6) is 0 Å². The van der Waals surface area contributed by atoms with E-state index >= 15 is 0 Å². The fourth-order valence-corrected chi connectivity index (χ4v) is 4.19. The van der Waals surface area contributed by atoms with Crippen LogP contribution >= 0.6 is 11.8 Å². The molecule has 2 unspecified atom stereocenters. The van der Waals surface area contributed by atoms with Crippen molar-refractivity contribution in [3.8, 4) is 0 Å². The first kappa shape index (κ1) is 17.8. The van der Waals surface area contributed by atoms with E-state index in [1.165, 1.54) is 36.0 Å². The fraction of sp³-hybridized carbons (Fsp3) is 0.462. The molecule has 1 rings (SSSR count). The van der Waals surface area contributed by atoms with Crippen molar-refractivity contribution in [3.05, 3.63) is 29.8 Å². The van der Waals surface area contributed by atoms with Gasteiger partial charge in [-0.2, -0.15) is 11.8 Å². The van der Waals surface area contributed by atoms with Crippen LogP contribution < -0.4 is 5.73 Å². The average Bonchev–Trinajstić information content (AvgIpc) is 2.46. The first-order valence-electron chi connectivity index (χ1n) is 6.38. The van der Waals surface area contributed by atoms with E-state index in [1.807, 2.05) is 6.92 Å². The van der Waals surface area contributed by atoms with Crippen molar-refractivity contribution in [1.29, 1.82) is 0 Å². The van der Waals surface area contributed by atoms with E-state index in [0.29, 0.717) is 11.3 Å². The second-order valence-electron chi connectivity index (χ2n) is 4.65. The zero-order valence-electron chi connectivity index (χ0n) is 11.9. The zero-order valence-corrected chi connectivity index (χ0v) is 13.6. The van der Waals surface area contributed by atoms with Crippen LogP contribution in [0.1, 0.15) is 19.4 Å². The van der Waals surface area contributed by atoms with Crippen LogP contribution in [-0.4, -0.2) is 47.4 Å². The molecule has 0 saturated carbocycles. The van der Waals surface area contributed by atoms with Crippen LogP contribution in [0.4, 0.5) is 0 Å². The molecule has 1 aromatic rings. The zero-order chi connectivity index (χ0) is 16.0. The van der Waals surface area contributed by atoms with Gasteiger partial charge in [0.05, 0.1) is 16.8 Å². The number of aliphatic hydroxyl groups is 1. The van der Waals surface area contributed by atoms with Crippen molar-refractivity contribution in [1.82, 2.24) is 0 Å². The number of sulfone groups is 1. The van der Waals surface area contributed by atoms with Crippen molar-refractivity contribution in [3.63, 3.8) is 0 Å². The molecule has 0 bridgehead atoms. The third-order valence-electron chi connectivity index (χ3n) is 3.03. The maximum absolute atomic E-state index is 12.1. The van der Waals surface area contributed by atoms with Gasteiger partial charge in [-0.05, 0) is 31.2 Å². The predicted octanol–water partition coefficient (Wildman–Crippen LogP) is 1.06. The Bertz CT molecular complexity index is 583. The molecule has 0 aliphatic carbocycles. The van der Waals surface area contributed by atoms with Crippen molar-refractivity contribution >= 4 is 27.4 Å². The van der Waals surface area contributed by atoms with Gasteiger partial charge in [0.15, 0.2) is 15.7 Å². The highest BCUT2D eigenvalue weighted by atomic mass is 32.2. The van der Waals surface area contributed by atoms with Crippen molar-refractivity contribution < 1.29 is 18.7 Å². The van der Waals surface area contributed by atoms with Crippen LogP contribution in [0.25, 0.3) is 0 Å². The molecule has 118 valence electrons. The van der Waals surface area contributed by atoms with Gasteiger partial charge in [-0.1, -0.05) is 12.1 Å². The van der Waals surface area contributed by atoms with Gasteiger partial charge in [0, 0.05) is 16.6 Å². The van der Waals surface area contributed by atoms with Crippen molar-refractivity contribution in [2.45, 2.75) is 30.1 Å². The summed E-state index contributed by atoms with van der Waals surface area (Å²) in [6.07, 6.45) is -0.474. The summed E-state index contributed by atoms with van der Waals surface area (Å²) in [4.78, 5) is 0.197. The number of hydrogen-bond acceptors (Lipinski definition) is 6. The molecule has 4 N–H and O–H groups in total. The van der Waals surface area contributed by atoms with E-state index < -0.39 is 15.9 Å². The van der Waals surface area contributed by atoms with Gasteiger partial charge < -0.3 is 16.0 Å². The maximum atomic E-state index is 12.1. The summed E-state index contributed by atoms with van der Waals surface area (Å²) < 4.78 is 24.3. The molecule has 0 heterocycles. The molecule has 0 aromatic heterocycles. The Kier molecular flexibility index (Phi) is 6.50. The van der Waals surface area contributed by atoms with Crippen LogP contribution in [0, 0.1) is 0 Å². The predicted molar refractivity (Wildman–Crippen MR) is 84.6 cm³/mol. The number of thioether (sulfide) groups is 1. The summed E-state index contributed by atoms with van der Waals surface area (Å²) in [7, 11) is -3.38. The second-order valence-corrected chi connectivity index (χ2v) is 8.24. The Morgan fingerprint density at radius 2 is 1.90 bits per heavy atom. The first-order chi connectivity index (χ1) is 9.77. The fourth-order valence-electron chi connectivity index (χ4n) is 1.49. The highest BCUT2D eigenvalue weighted by Crippen LogP contribution is 2.18. The summed E-state index contributed by atoms with van der Waals surface area (Å²) in [6.45, 7) is 3.53. The summed E-state index contributed by atoms with van der Waals surface area (Å²) in [5.41, 5.74) is 5.87. The van der Waals surface area contributed by atoms with Gasteiger partial charge in [0.1, 0.15) is 0 Å². The number of hydrogen-bond donors (Lipinski definition) is 3. The minimum absolute atomic E-state index is 0.00234. The minimum atomic E-state index is -3.38. The molecule has 2 atom stereocenters. The van der Waals surface area contributed by atoms with E-state index in [2.05, 4.69) is 5.16 Å². The van der Waals surface area contributed by atoms with E-state index in [1.54, 1.807) is 6.92 Å². The molecule has 0 spiro atoms. The molecule has 0 fully saturated rings. The Balaban J connectivity index is 2.71. The number of rotatable bonds is 7. The minimum Gasteiger partial charge on any atom is -0.409 e. The highest BCUT2D eigenvalue weighted by Gasteiger charge is 2.16. The Morgan fingerprint density at radius 1 is 1.33 bits per heavy atom. The monoisotopic (exact) mass is 332 g/mol. The molecule has 6 nitrogen and oxygen atoms in total. The Morgan fingerprint density at radius 3 is 2.38 bits per heavy atom. The topological polar surface area (TPSA) is 113 Å². The largest absolute Gasteiger partial charge is 0.409 e. The molecular formula is C13H20N2O4S2. The maximum Gasteiger partial charge on any atom is 0.179 e. The molecule has 0 amide bonds. The molecule has 0 aliphatic heterocycles. The van der Waals surface area contributed by atoms with Crippen molar-refractivity contribution in [2.75, 3.05) is 11.5 Å². The second kappa shape index (κ2) is 7.67. The Labute approximate surface area is 129 Å². The number of benzene rings is 1. The summed E-state index contributed by atoms with van der Waals surface area (Å²) in [5, 5.41) is 20.8. The van der Waals surface area contributed by atoms with E-state index in [9.17, 15) is 13.5 Å². The first-order valence-corrected chi connectivity index (χ1v) is 9.08. The van der Waals surface area contributed by atoms with Crippen LogP contribution in [0.15, 0.2) is 34.3 Å². The molecule has 0 aliphatic rings. The third-order valence-corrected chi connectivity index (χ3v) is 6.38. The molecule has 21 heavy (non-hydrogen) atoms. The van der Waals surface area contributed by atoms with Gasteiger partial charge >= 0.3 is 0 Å². The normalized spacial score (nSPS) is 15.7. The quantitative estimate of drug-likeness (QED) is 0.298. The van der Waals surface area contributed by atoms with Crippen LogP contribution in [0.3, 0.4) is 0 Å². The molecule has 0 radical (unpaired) electrons. The van der Waals surface area contributed by atoms with Gasteiger partial charge in [-0.15, -0.1) is 0 Å². The lowest BCUT2D eigenvalue weighted by molar-refractivity contribution is 0.196. The van der Waals surface area contributed by atoms with E-state index in [0.717, 1.165) is 0 Å². The summed E-state index contributed by atoms with van der Waals surface area (Å²) in [6, 6.07) is 5.86. The smallest absolute Gasteiger partial charge is 0.179 e. The lowest BCUT2D eigenvalue weighted by atomic mass is 10.2. The summed E-state index contributed by atoms with van der Waals surface area (Å²) >= 11 is 1.42. The lowest BCUT2D eigenvalue weighted by Crippen LogP contribution is -2.18. The van der Waals surface area contributed by atoms with Gasteiger partial charge in [-0.25, -0.2) is 8.42 Å². The van der Waals surface area contributed by atoms with Crippen LogP contribution in [0.2, 0.25) is 0 Å². The third kappa shape index (κ3) is 5.22.